The molecule has 0 spiro atoms. The monoisotopic (exact) mass is 312 g/mol. The fraction of sp³-hybridized carbons (Fsp3) is 0.643. The van der Waals surface area contributed by atoms with Gasteiger partial charge in [-0.15, -0.1) is 0 Å². The van der Waals surface area contributed by atoms with Crippen LogP contribution < -0.4 is 4.87 Å². The SMILES string of the molecule is CCc1c(C(=O)O)sc(=O)n1CC(=O)N1CCCCCC1. The summed E-state index contributed by atoms with van der Waals surface area (Å²) in [5, 5.41) is 9.12. The molecule has 116 valence electrons. The lowest BCUT2D eigenvalue weighted by Crippen LogP contribution is -2.36. The topological polar surface area (TPSA) is 79.6 Å². The van der Waals surface area contributed by atoms with E-state index in [2.05, 4.69) is 0 Å². The number of aromatic carboxylic acids is 1. The Hall–Kier alpha value is -1.63. The third kappa shape index (κ3) is 3.53. The zero-order valence-corrected chi connectivity index (χ0v) is 12.9. The Balaban J connectivity index is 2.20. The standard InChI is InChI=1S/C14H20N2O4S/c1-2-10-12(13(18)19)21-14(20)16(10)9-11(17)15-7-5-3-4-6-8-15/h2-9H2,1H3,(H,18,19). The first-order valence-electron chi connectivity index (χ1n) is 7.28. The van der Waals surface area contributed by atoms with Crippen LogP contribution in [0.1, 0.15) is 48.0 Å². The van der Waals surface area contributed by atoms with E-state index in [0.29, 0.717) is 23.5 Å². The van der Waals surface area contributed by atoms with Crippen molar-refractivity contribution in [1.29, 1.82) is 0 Å². The van der Waals surface area contributed by atoms with Crippen LogP contribution in [-0.4, -0.2) is 39.5 Å². The van der Waals surface area contributed by atoms with E-state index in [1.165, 1.54) is 4.57 Å². The molecule has 0 bridgehead atoms. The maximum Gasteiger partial charge on any atom is 0.347 e. The van der Waals surface area contributed by atoms with Crippen LogP contribution in [0.25, 0.3) is 0 Å². The zero-order valence-electron chi connectivity index (χ0n) is 12.1. The van der Waals surface area contributed by atoms with E-state index in [1.54, 1.807) is 11.8 Å². The van der Waals surface area contributed by atoms with Gasteiger partial charge in [-0.05, 0) is 19.3 Å². The van der Waals surface area contributed by atoms with Crippen LogP contribution in [0.4, 0.5) is 0 Å². The normalized spacial score (nSPS) is 15.8. The van der Waals surface area contributed by atoms with E-state index in [4.69, 9.17) is 5.11 Å². The van der Waals surface area contributed by atoms with E-state index < -0.39 is 5.97 Å². The summed E-state index contributed by atoms with van der Waals surface area (Å²) in [7, 11) is 0. The largest absolute Gasteiger partial charge is 0.477 e. The van der Waals surface area contributed by atoms with E-state index in [1.807, 2.05) is 0 Å². The highest BCUT2D eigenvalue weighted by Crippen LogP contribution is 2.15. The lowest BCUT2D eigenvalue weighted by atomic mass is 10.2. The molecule has 0 radical (unpaired) electrons. The summed E-state index contributed by atoms with van der Waals surface area (Å²) < 4.78 is 1.32. The highest BCUT2D eigenvalue weighted by atomic mass is 32.1. The van der Waals surface area contributed by atoms with Crippen molar-refractivity contribution in [3.8, 4) is 0 Å². The molecule has 21 heavy (non-hydrogen) atoms. The third-order valence-electron chi connectivity index (χ3n) is 3.78. The number of nitrogens with zero attached hydrogens (tertiary/aromatic N) is 2. The Morgan fingerprint density at radius 3 is 2.33 bits per heavy atom. The van der Waals surface area contributed by atoms with Crippen molar-refractivity contribution >= 4 is 23.2 Å². The number of carbonyl (C=O) groups excluding carboxylic acids is 1. The Bertz CT molecular complexity index is 582. The minimum atomic E-state index is -1.10. The number of carbonyl (C=O) groups is 2. The average molecular weight is 312 g/mol. The first kappa shape index (κ1) is 15.8. The summed E-state index contributed by atoms with van der Waals surface area (Å²) in [4.78, 5) is 36.9. The lowest BCUT2D eigenvalue weighted by molar-refractivity contribution is -0.131. The van der Waals surface area contributed by atoms with Gasteiger partial charge in [0.05, 0.1) is 0 Å². The Morgan fingerprint density at radius 2 is 1.81 bits per heavy atom. The molecule has 1 aliphatic rings. The highest BCUT2D eigenvalue weighted by Gasteiger charge is 2.22. The number of carboxylic acid groups (broad SMARTS) is 1. The molecule has 7 heteroatoms. The molecule has 0 saturated carbocycles. The summed E-state index contributed by atoms with van der Waals surface area (Å²) in [6.07, 6.45) is 4.67. The molecule has 1 aromatic heterocycles. The second-order valence-electron chi connectivity index (χ2n) is 5.18. The van der Waals surface area contributed by atoms with Gasteiger partial charge in [0.15, 0.2) is 0 Å². The molecule has 2 rings (SSSR count). The Morgan fingerprint density at radius 1 is 1.19 bits per heavy atom. The molecule has 0 unspecified atom stereocenters. The van der Waals surface area contributed by atoms with Crippen molar-refractivity contribution in [1.82, 2.24) is 9.47 Å². The molecule has 1 aromatic rings. The molecule has 1 saturated heterocycles. The number of likely N-dealkylation sites (tertiary alicyclic amines) is 1. The van der Waals surface area contributed by atoms with Gasteiger partial charge in [0.25, 0.3) is 0 Å². The molecule has 1 N–H and O–H groups in total. The third-order valence-corrected chi connectivity index (χ3v) is 4.79. The number of hydrogen-bond acceptors (Lipinski definition) is 4. The molecule has 1 fully saturated rings. The summed E-state index contributed by atoms with van der Waals surface area (Å²) in [6.45, 7) is 3.20. The van der Waals surface area contributed by atoms with Crippen LogP contribution >= 0.6 is 11.3 Å². The fourth-order valence-electron chi connectivity index (χ4n) is 2.67. The number of carboxylic acids is 1. The minimum Gasteiger partial charge on any atom is -0.477 e. The van der Waals surface area contributed by atoms with Gasteiger partial charge in [0.1, 0.15) is 11.4 Å². The number of aromatic nitrogens is 1. The van der Waals surface area contributed by atoms with Crippen LogP contribution in [-0.2, 0) is 17.8 Å². The van der Waals surface area contributed by atoms with Gasteiger partial charge >= 0.3 is 10.8 Å². The quantitative estimate of drug-likeness (QED) is 0.915. The predicted octanol–water partition coefficient (Wildman–Crippen LogP) is 1.57. The Labute approximate surface area is 127 Å². The van der Waals surface area contributed by atoms with Gasteiger partial charge in [-0.2, -0.15) is 0 Å². The van der Waals surface area contributed by atoms with Crippen molar-refractivity contribution in [2.45, 2.75) is 45.6 Å². The Kier molecular flexibility index (Phi) is 5.17. The smallest absolute Gasteiger partial charge is 0.347 e. The summed E-state index contributed by atoms with van der Waals surface area (Å²) in [5.74, 6) is -1.20. The second kappa shape index (κ2) is 6.89. The van der Waals surface area contributed by atoms with Gasteiger partial charge in [-0.1, -0.05) is 31.1 Å². The molecular formula is C14H20N2O4S. The number of rotatable bonds is 4. The van der Waals surface area contributed by atoms with E-state index in [-0.39, 0.29) is 22.2 Å². The van der Waals surface area contributed by atoms with Crippen molar-refractivity contribution in [2.24, 2.45) is 0 Å². The highest BCUT2D eigenvalue weighted by molar-refractivity contribution is 7.11. The average Bonchev–Trinajstić information content (AvgIpc) is 2.66. The van der Waals surface area contributed by atoms with Crippen molar-refractivity contribution in [3.05, 3.63) is 20.2 Å². The van der Waals surface area contributed by atoms with Crippen molar-refractivity contribution < 1.29 is 14.7 Å². The van der Waals surface area contributed by atoms with Gasteiger partial charge in [0, 0.05) is 18.8 Å². The minimum absolute atomic E-state index is 0.0474. The first-order valence-corrected chi connectivity index (χ1v) is 8.09. The molecule has 0 atom stereocenters. The number of thiazole rings is 1. The van der Waals surface area contributed by atoms with Gasteiger partial charge in [0.2, 0.25) is 5.91 Å². The molecule has 2 heterocycles. The maximum absolute atomic E-state index is 12.3. The van der Waals surface area contributed by atoms with Crippen LogP contribution in [0.5, 0.6) is 0 Å². The summed E-state index contributed by atoms with van der Waals surface area (Å²) in [5.41, 5.74) is 0.445. The van der Waals surface area contributed by atoms with Crippen LogP contribution in [0.2, 0.25) is 0 Å². The van der Waals surface area contributed by atoms with E-state index in [0.717, 1.165) is 38.8 Å². The van der Waals surface area contributed by atoms with Crippen LogP contribution in [0.15, 0.2) is 4.79 Å². The van der Waals surface area contributed by atoms with Gasteiger partial charge in [-0.25, -0.2) is 4.79 Å². The summed E-state index contributed by atoms with van der Waals surface area (Å²) in [6, 6.07) is 0. The molecule has 1 aliphatic heterocycles. The maximum atomic E-state index is 12.3. The zero-order chi connectivity index (χ0) is 15.4. The molecular weight excluding hydrogens is 292 g/mol. The van der Waals surface area contributed by atoms with E-state index >= 15 is 0 Å². The van der Waals surface area contributed by atoms with Gasteiger partial charge in [-0.3, -0.25) is 14.2 Å². The fourth-order valence-corrected chi connectivity index (χ4v) is 3.59. The number of hydrogen-bond donors (Lipinski definition) is 1. The van der Waals surface area contributed by atoms with Crippen molar-refractivity contribution in [2.75, 3.05) is 13.1 Å². The first-order chi connectivity index (χ1) is 10.0. The lowest BCUT2D eigenvalue weighted by Gasteiger charge is -2.20. The second-order valence-corrected chi connectivity index (χ2v) is 6.15. The van der Waals surface area contributed by atoms with Crippen molar-refractivity contribution in [3.63, 3.8) is 0 Å². The van der Waals surface area contributed by atoms with E-state index in [9.17, 15) is 14.4 Å². The predicted molar refractivity (Wildman–Crippen MR) is 80.0 cm³/mol. The molecule has 0 aliphatic carbocycles. The molecule has 0 aromatic carbocycles. The van der Waals surface area contributed by atoms with Gasteiger partial charge < -0.3 is 10.0 Å². The van der Waals surface area contributed by atoms with Crippen LogP contribution in [0, 0.1) is 0 Å². The number of amides is 1. The van der Waals surface area contributed by atoms with Crippen LogP contribution in [0.3, 0.4) is 0 Å². The molecule has 6 nitrogen and oxygen atoms in total. The molecule has 1 amide bonds. The summed E-state index contributed by atoms with van der Waals surface area (Å²) >= 11 is 0.704.